The summed E-state index contributed by atoms with van der Waals surface area (Å²) < 4.78 is 0. The summed E-state index contributed by atoms with van der Waals surface area (Å²) in [5.41, 5.74) is 0. The molecule has 0 fully saturated rings. The van der Waals surface area contributed by atoms with Crippen molar-refractivity contribution < 1.29 is 70.4 Å². The fraction of sp³-hybridized carbons (Fsp3) is 0.944. The topological polar surface area (TPSA) is 40.1 Å². The Hall–Kier alpha value is 1.47. The van der Waals surface area contributed by atoms with Crippen molar-refractivity contribution in [3.8, 4) is 0 Å². The van der Waals surface area contributed by atoms with Crippen LogP contribution < -0.4 is 64.2 Å². The van der Waals surface area contributed by atoms with Gasteiger partial charge < -0.3 is 11.3 Å². The summed E-state index contributed by atoms with van der Waals surface area (Å²) in [5, 5.41) is 10.2. The van der Waals surface area contributed by atoms with Gasteiger partial charge in [0.1, 0.15) is 0 Å². The van der Waals surface area contributed by atoms with E-state index in [-0.39, 0.29) is 67.0 Å². The number of carboxylic acids is 1. The van der Waals surface area contributed by atoms with Crippen LogP contribution in [0.5, 0.6) is 0 Å². The summed E-state index contributed by atoms with van der Waals surface area (Å²) in [7, 11) is 0. The summed E-state index contributed by atoms with van der Waals surface area (Å²) in [6.07, 6.45) is 19.9. The van der Waals surface area contributed by atoms with E-state index in [1.54, 1.807) is 0 Å². The first-order valence-electron chi connectivity index (χ1n) is 8.97. The van der Waals surface area contributed by atoms with Crippen LogP contribution in [0, 0.1) is 0 Å². The molecule has 0 aliphatic rings. The molecule has 122 valence electrons. The Balaban J connectivity index is -0.000000602. The maximum absolute atomic E-state index is 10.2. The van der Waals surface area contributed by atoms with Crippen molar-refractivity contribution in [3.63, 3.8) is 0 Å². The van der Waals surface area contributed by atoms with E-state index < -0.39 is 5.97 Å². The molecule has 0 saturated carbocycles. The molecule has 0 amide bonds. The Labute approximate surface area is 184 Å². The van der Waals surface area contributed by atoms with Gasteiger partial charge >= 0.3 is 59.1 Å². The normalized spacial score (nSPS) is 9.86. The Morgan fingerprint density at radius 2 is 0.909 bits per heavy atom. The van der Waals surface area contributed by atoms with Gasteiger partial charge in [-0.3, -0.25) is 0 Å². The number of hydrogen-bond donors (Lipinski definition) is 0. The van der Waals surface area contributed by atoms with E-state index in [4.69, 9.17) is 0 Å². The average Bonchev–Trinajstić information content (AvgIpc) is 2.43. The Bertz CT molecular complexity index is 217. The van der Waals surface area contributed by atoms with Gasteiger partial charge in [-0.05, 0) is 12.8 Å². The van der Waals surface area contributed by atoms with Crippen LogP contribution in [-0.2, 0) is 4.79 Å². The first-order valence-corrected chi connectivity index (χ1v) is 8.97. The molecule has 0 aromatic heterocycles. The number of carbonyl (C=O) groups is 1. The van der Waals surface area contributed by atoms with Crippen molar-refractivity contribution in [1.29, 1.82) is 0 Å². The van der Waals surface area contributed by atoms with E-state index in [9.17, 15) is 9.90 Å². The fourth-order valence-corrected chi connectivity index (χ4v) is 2.64. The predicted octanol–water partition coefficient (Wildman–Crippen LogP) is -0.882. The number of hydrogen-bond acceptors (Lipinski definition) is 2. The van der Waals surface area contributed by atoms with Crippen molar-refractivity contribution in [2.24, 2.45) is 0 Å². The molecule has 0 heterocycles. The van der Waals surface area contributed by atoms with Gasteiger partial charge in [-0.1, -0.05) is 96.8 Å². The third-order valence-electron chi connectivity index (χ3n) is 3.98. The number of unbranched alkanes of at least 4 members (excludes halogenated alkanes) is 14. The molecule has 0 aromatic rings. The Morgan fingerprint density at radius 3 is 1.18 bits per heavy atom. The van der Waals surface area contributed by atoms with E-state index in [1.807, 2.05) is 0 Å². The third-order valence-corrected chi connectivity index (χ3v) is 3.98. The standard InChI is InChI=1S/C18H36O2.2Na.H/c1-2-3-4-5-6-7-8-9-10-11-12-13-14-15-16-17-18(19)20;;;/h2-17H2,1H3,(H,19,20);;;/q;2*+1;-1/p-1. The minimum Gasteiger partial charge on any atom is -1.00 e. The van der Waals surface area contributed by atoms with Crippen LogP contribution in [0.3, 0.4) is 0 Å². The van der Waals surface area contributed by atoms with Gasteiger partial charge in [0.15, 0.2) is 0 Å². The van der Waals surface area contributed by atoms with Crippen LogP contribution in [0.25, 0.3) is 0 Å². The molecule has 2 nitrogen and oxygen atoms in total. The molecule has 0 spiro atoms. The Morgan fingerprint density at radius 1 is 0.636 bits per heavy atom. The quantitative estimate of drug-likeness (QED) is 0.272. The number of rotatable bonds is 16. The second kappa shape index (κ2) is 24.7. The van der Waals surface area contributed by atoms with Gasteiger partial charge in [0.25, 0.3) is 0 Å². The predicted molar refractivity (Wildman–Crippen MR) is 85.7 cm³/mol. The molecule has 0 unspecified atom stereocenters. The van der Waals surface area contributed by atoms with E-state index in [2.05, 4.69) is 6.92 Å². The summed E-state index contributed by atoms with van der Waals surface area (Å²) in [4.78, 5) is 10.2. The molecule has 0 aromatic carbocycles. The third kappa shape index (κ3) is 26.4. The average molecular weight is 330 g/mol. The number of aliphatic carboxylic acids is 1. The maximum Gasteiger partial charge on any atom is 1.00 e. The van der Waals surface area contributed by atoms with Gasteiger partial charge in [-0.15, -0.1) is 0 Å². The van der Waals surface area contributed by atoms with Crippen molar-refractivity contribution in [1.82, 2.24) is 0 Å². The fourth-order valence-electron chi connectivity index (χ4n) is 2.64. The molecule has 0 bridgehead atoms. The molecule has 0 radical (unpaired) electrons. The summed E-state index contributed by atoms with van der Waals surface area (Å²) in [6, 6.07) is 0. The van der Waals surface area contributed by atoms with E-state index in [0.29, 0.717) is 0 Å². The van der Waals surface area contributed by atoms with Crippen molar-refractivity contribution in [2.45, 2.75) is 110 Å². The van der Waals surface area contributed by atoms with Crippen LogP contribution in [0.4, 0.5) is 0 Å². The van der Waals surface area contributed by atoms with Gasteiger partial charge in [0.05, 0.1) is 0 Å². The van der Waals surface area contributed by atoms with Gasteiger partial charge in [-0.2, -0.15) is 0 Å². The van der Waals surface area contributed by atoms with Gasteiger partial charge in [0.2, 0.25) is 0 Å². The summed E-state index contributed by atoms with van der Waals surface area (Å²) in [5.74, 6) is -0.903. The van der Waals surface area contributed by atoms with Crippen LogP contribution in [-0.4, -0.2) is 5.97 Å². The van der Waals surface area contributed by atoms with Crippen LogP contribution in [0.1, 0.15) is 111 Å². The van der Waals surface area contributed by atoms with Crippen LogP contribution in [0.2, 0.25) is 0 Å². The molecule has 0 saturated heterocycles. The van der Waals surface area contributed by atoms with Crippen LogP contribution >= 0.6 is 0 Å². The zero-order chi connectivity index (χ0) is 14.9. The van der Waals surface area contributed by atoms with E-state index in [0.717, 1.165) is 12.8 Å². The molecular formula is C18H36Na2O2. The SMILES string of the molecule is CCCCCCCCCCCCCCCCCC(=O)[O-].[H-].[Na+].[Na+]. The minimum atomic E-state index is -0.903. The van der Waals surface area contributed by atoms with Gasteiger partial charge in [0, 0.05) is 5.97 Å². The largest absolute Gasteiger partial charge is 1.00 e. The van der Waals surface area contributed by atoms with E-state index in [1.165, 1.54) is 83.5 Å². The maximum atomic E-state index is 10.2. The van der Waals surface area contributed by atoms with E-state index >= 15 is 0 Å². The second-order valence-corrected chi connectivity index (χ2v) is 6.07. The molecule has 0 aliphatic carbocycles. The monoisotopic (exact) mass is 330 g/mol. The molecule has 0 rings (SSSR count). The van der Waals surface area contributed by atoms with Gasteiger partial charge in [-0.25, -0.2) is 0 Å². The van der Waals surface area contributed by atoms with Crippen molar-refractivity contribution >= 4 is 5.97 Å². The molecule has 0 atom stereocenters. The zero-order valence-corrected chi connectivity index (χ0v) is 19.6. The molecule has 22 heavy (non-hydrogen) atoms. The van der Waals surface area contributed by atoms with Crippen molar-refractivity contribution in [3.05, 3.63) is 0 Å². The first-order chi connectivity index (χ1) is 9.77. The number of carboxylic acid groups (broad SMARTS) is 1. The molecule has 4 heteroatoms. The molecular weight excluding hydrogens is 294 g/mol. The number of carbonyl (C=O) groups excluding carboxylic acids is 1. The Kier molecular flexibility index (Phi) is 31.8. The van der Waals surface area contributed by atoms with Crippen LogP contribution in [0.15, 0.2) is 0 Å². The zero-order valence-electron chi connectivity index (χ0n) is 16.6. The molecule has 0 N–H and O–H groups in total. The second-order valence-electron chi connectivity index (χ2n) is 6.07. The molecule has 0 aliphatic heterocycles. The summed E-state index contributed by atoms with van der Waals surface area (Å²) >= 11 is 0. The smallest absolute Gasteiger partial charge is 1.00 e. The van der Waals surface area contributed by atoms with Crippen molar-refractivity contribution in [2.75, 3.05) is 0 Å². The summed E-state index contributed by atoms with van der Waals surface area (Å²) in [6.45, 7) is 2.27. The minimum absolute atomic E-state index is 0. The first kappa shape index (κ1) is 28.3.